The van der Waals surface area contributed by atoms with Crippen LogP contribution in [0.4, 0.5) is 0 Å². The Morgan fingerprint density at radius 3 is 3.04 bits per heavy atom. The third kappa shape index (κ3) is 3.38. The first-order valence-electron chi connectivity index (χ1n) is 8.44. The Labute approximate surface area is 153 Å². The molecular weight excluding hydrogens is 336 g/mol. The maximum Gasteiger partial charge on any atom is 0.106 e. The standard InChI is InChI=1S/C17H24N4O2S.CH4/c1-11-6-12-4-5-23-17(16(12)24-11)7-13(10-22-3)18-14(8-17)15-9-21(2)20-19-15;/h6,9,13-14,18H,4-5,7-8,10H2,1-3H3;1H4. The van der Waals surface area contributed by atoms with Crippen LogP contribution in [0.2, 0.25) is 0 Å². The van der Waals surface area contributed by atoms with Crippen LogP contribution in [0.1, 0.15) is 47.3 Å². The molecule has 3 atom stereocenters. The Kier molecular flexibility index (Phi) is 5.29. The van der Waals surface area contributed by atoms with Crippen molar-refractivity contribution in [2.24, 2.45) is 7.05 Å². The maximum absolute atomic E-state index is 6.44. The van der Waals surface area contributed by atoms with E-state index in [9.17, 15) is 0 Å². The minimum Gasteiger partial charge on any atom is -0.383 e. The summed E-state index contributed by atoms with van der Waals surface area (Å²) < 4.78 is 13.6. The van der Waals surface area contributed by atoms with Crippen molar-refractivity contribution < 1.29 is 9.47 Å². The number of fused-ring (bicyclic) bond motifs is 2. The molecule has 0 aliphatic carbocycles. The number of rotatable bonds is 3. The van der Waals surface area contributed by atoms with Crippen LogP contribution in [-0.2, 0) is 28.5 Å². The van der Waals surface area contributed by atoms with Crippen molar-refractivity contribution in [3.63, 3.8) is 0 Å². The minimum atomic E-state index is -0.233. The number of aryl methyl sites for hydroxylation is 2. The van der Waals surface area contributed by atoms with Gasteiger partial charge in [0.05, 0.1) is 24.9 Å². The molecule has 1 fully saturated rings. The molecule has 0 radical (unpaired) electrons. The van der Waals surface area contributed by atoms with Crippen LogP contribution in [0.3, 0.4) is 0 Å². The topological polar surface area (TPSA) is 61.2 Å². The van der Waals surface area contributed by atoms with Crippen molar-refractivity contribution in [2.75, 3.05) is 20.3 Å². The Hall–Kier alpha value is -1.28. The zero-order valence-electron chi connectivity index (χ0n) is 14.4. The van der Waals surface area contributed by atoms with Crippen molar-refractivity contribution in [1.82, 2.24) is 20.3 Å². The summed E-state index contributed by atoms with van der Waals surface area (Å²) in [6.45, 7) is 3.64. The Bertz CT molecular complexity index is 728. The number of hydrogen-bond donors (Lipinski definition) is 1. The van der Waals surface area contributed by atoms with E-state index in [0.717, 1.165) is 31.6 Å². The van der Waals surface area contributed by atoms with Gasteiger partial charge in [0.2, 0.25) is 0 Å². The first kappa shape index (κ1) is 18.5. The van der Waals surface area contributed by atoms with Gasteiger partial charge < -0.3 is 14.8 Å². The molecule has 1 N–H and O–H groups in total. The van der Waals surface area contributed by atoms with Crippen LogP contribution in [-0.4, -0.2) is 41.4 Å². The molecule has 0 saturated carbocycles. The lowest BCUT2D eigenvalue weighted by Crippen LogP contribution is -2.52. The summed E-state index contributed by atoms with van der Waals surface area (Å²) in [6, 6.07) is 2.69. The van der Waals surface area contributed by atoms with E-state index in [1.807, 2.05) is 24.6 Å². The molecule has 0 aromatic carbocycles. The van der Waals surface area contributed by atoms with E-state index >= 15 is 0 Å². The van der Waals surface area contributed by atoms with Crippen LogP contribution in [0.15, 0.2) is 12.3 Å². The third-order valence-corrected chi connectivity index (χ3v) is 6.27. The summed E-state index contributed by atoms with van der Waals surface area (Å²) in [4.78, 5) is 2.77. The normalized spacial score (nSPS) is 28.6. The number of nitrogens with zero attached hydrogens (tertiary/aromatic N) is 3. The second kappa shape index (κ2) is 7.15. The molecule has 138 valence electrons. The zero-order chi connectivity index (χ0) is 16.7. The molecule has 2 aliphatic rings. The minimum absolute atomic E-state index is 0. The highest BCUT2D eigenvalue weighted by molar-refractivity contribution is 7.12. The highest BCUT2D eigenvalue weighted by Gasteiger charge is 2.47. The van der Waals surface area contributed by atoms with Crippen LogP contribution in [0.25, 0.3) is 0 Å². The fourth-order valence-electron chi connectivity index (χ4n) is 4.10. The zero-order valence-corrected chi connectivity index (χ0v) is 15.2. The molecule has 0 bridgehead atoms. The highest BCUT2D eigenvalue weighted by Crippen LogP contribution is 2.48. The van der Waals surface area contributed by atoms with Gasteiger partial charge in [0, 0.05) is 42.6 Å². The second-order valence-electron chi connectivity index (χ2n) is 6.90. The summed E-state index contributed by atoms with van der Waals surface area (Å²) in [5.74, 6) is 0. The Balaban J connectivity index is 0.00000182. The van der Waals surface area contributed by atoms with Gasteiger partial charge in [-0.25, -0.2) is 0 Å². The van der Waals surface area contributed by atoms with Gasteiger partial charge in [0.15, 0.2) is 0 Å². The van der Waals surface area contributed by atoms with Gasteiger partial charge in [0.25, 0.3) is 0 Å². The number of methoxy groups -OCH3 is 1. The van der Waals surface area contributed by atoms with Gasteiger partial charge in [-0.15, -0.1) is 16.4 Å². The predicted octanol–water partition coefficient (Wildman–Crippen LogP) is 2.73. The smallest absolute Gasteiger partial charge is 0.106 e. The molecule has 2 aromatic heterocycles. The third-order valence-electron chi connectivity index (χ3n) is 4.99. The monoisotopic (exact) mass is 364 g/mol. The van der Waals surface area contributed by atoms with Crippen molar-refractivity contribution >= 4 is 11.3 Å². The number of thiophene rings is 1. The van der Waals surface area contributed by atoms with E-state index in [1.54, 1.807) is 11.8 Å². The largest absolute Gasteiger partial charge is 0.383 e. The fraction of sp³-hybridized carbons (Fsp3) is 0.667. The molecule has 3 unspecified atom stereocenters. The molecule has 1 spiro atoms. The van der Waals surface area contributed by atoms with Crippen molar-refractivity contribution in [2.45, 2.75) is 51.3 Å². The molecule has 4 heterocycles. The summed E-state index contributed by atoms with van der Waals surface area (Å²) in [5, 5.41) is 12.1. The molecule has 6 nitrogen and oxygen atoms in total. The number of aromatic nitrogens is 3. The van der Waals surface area contributed by atoms with E-state index in [1.165, 1.54) is 15.3 Å². The lowest BCUT2D eigenvalue weighted by Gasteiger charge is -2.46. The lowest BCUT2D eigenvalue weighted by molar-refractivity contribution is -0.102. The summed E-state index contributed by atoms with van der Waals surface area (Å²) in [6.07, 6.45) is 4.83. The number of ether oxygens (including phenoxy) is 2. The van der Waals surface area contributed by atoms with E-state index in [4.69, 9.17) is 9.47 Å². The Morgan fingerprint density at radius 2 is 2.32 bits per heavy atom. The molecule has 25 heavy (non-hydrogen) atoms. The fourth-order valence-corrected chi connectivity index (χ4v) is 5.33. The number of hydrogen-bond acceptors (Lipinski definition) is 6. The quantitative estimate of drug-likeness (QED) is 0.907. The summed E-state index contributed by atoms with van der Waals surface area (Å²) in [7, 11) is 3.66. The Morgan fingerprint density at radius 1 is 1.48 bits per heavy atom. The molecule has 0 amide bonds. The first-order valence-corrected chi connectivity index (χ1v) is 9.26. The molecular formula is C18H28N4O2S. The second-order valence-corrected chi connectivity index (χ2v) is 8.16. The van der Waals surface area contributed by atoms with E-state index in [-0.39, 0.29) is 25.1 Å². The van der Waals surface area contributed by atoms with Gasteiger partial charge >= 0.3 is 0 Å². The SMILES string of the molecule is C.COCC1CC2(CC(c3cn(C)nn3)N1)OCCc1cc(C)sc12. The van der Waals surface area contributed by atoms with Gasteiger partial charge in [-0.1, -0.05) is 12.6 Å². The first-order chi connectivity index (χ1) is 11.6. The maximum atomic E-state index is 6.44. The summed E-state index contributed by atoms with van der Waals surface area (Å²) >= 11 is 1.88. The summed E-state index contributed by atoms with van der Waals surface area (Å²) in [5.41, 5.74) is 2.20. The predicted molar refractivity (Wildman–Crippen MR) is 98.9 cm³/mol. The average molecular weight is 365 g/mol. The van der Waals surface area contributed by atoms with Gasteiger partial charge in [-0.05, 0) is 31.4 Å². The molecule has 7 heteroatoms. The molecule has 2 aliphatic heterocycles. The van der Waals surface area contributed by atoms with Crippen LogP contribution in [0, 0.1) is 6.92 Å². The van der Waals surface area contributed by atoms with Gasteiger partial charge in [-0.2, -0.15) is 0 Å². The van der Waals surface area contributed by atoms with E-state index in [2.05, 4.69) is 28.6 Å². The van der Waals surface area contributed by atoms with Gasteiger partial charge in [-0.3, -0.25) is 4.68 Å². The van der Waals surface area contributed by atoms with Crippen molar-refractivity contribution in [1.29, 1.82) is 0 Å². The van der Waals surface area contributed by atoms with Crippen LogP contribution < -0.4 is 5.32 Å². The van der Waals surface area contributed by atoms with E-state index in [0.29, 0.717) is 6.61 Å². The van der Waals surface area contributed by atoms with E-state index < -0.39 is 0 Å². The average Bonchev–Trinajstić information content (AvgIpc) is 3.14. The molecule has 2 aromatic rings. The van der Waals surface area contributed by atoms with Gasteiger partial charge in [0.1, 0.15) is 5.60 Å². The number of nitrogens with one attached hydrogen (secondary N) is 1. The van der Waals surface area contributed by atoms with Crippen LogP contribution >= 0.6 is 11.3 Å². The highest BCUT2D eigenvalue weighted by atomic mass is 32.1. The lowest BCUT2D eigenvalue weighted by atomic mass is 9.79. The molecule has 4 rings (SSSR count). The van der Waals surface area contributed by atoms with Crippen molar-refractivity contribution in [3.05, 3.63) is 33.3 Å². The molecule has 1 saturated heterocycles. The number of piperidine rings is 1. The van der Waals surface area contributed by atoms with Crippen molar-refractivity contribution in [3.8, 4) is 0 Å². The van der Waals surface area contributed by atoms with Crippen LogP contribution in [0.5, 0.6) is 0 Å².